The molecule has 0 amide bonds. The monoisotopic (exact) mass is 400 g/mol. The van der Waals surface area contributed by atoms with Crippen LogP contribution in [-0.4, -0.2) is 27.0 Å². The Bertz CT molecular complexity index is 766. The molecule has 1 unspecified atom stereocenters. The molecule has 5 heteroatoms. The molecule has 28 heavy (non-hydrogen) atoms. The quantitative estimate of drug-likeness (QED) is 0.397. The maximum absolute atomic E-state index is 12.0. The van der Waals surface area contributed by atoms with Gasteiger partial charge in [-0.05, 0) is 49.3 Å². The fourth-order valence-corrected chi connectivity index (χ4v) is 3.34. The van der Waals surface area contributed by atoms with Crippen molar-refractivity contribution in [2.24, 2.45) is 0 Å². The molecule has 2 aromatic carbocycles. The van der Waals surface area contributed by atoms with Crippen molar-refractivity contribution in [1.82, 2.24) is 0 Å². The molecule has 0 aliphatic heterocycles. The predicted octanol–water partition coefficient (Wildman–Crippen LogP) is 6.09. The van der Waals surface area contributed by atoms with E-state index in [1.807, 2.05) is 49.4 Å². The number of carbonyl (C=O) groups excluding carboxylic acids is 1. The number of rotatable bonds is 8. The largest absolute Gasteiger partial charge is 0.541 e. The second-order valence-electron chi connectivity index (χ2n) is 8.53. The van der Waals surface area contributed by atoms with Gasteiger partial charge >= 0.3 is 5.97 Å². The highest BCUT2D eigenvalue weighted by Gasteiger charge is 2.39. The Balaban J connectivity index is 1.92. The minimum absolute atomic E-state index is 0.104. The first kappa shape index (κ1) is 22.0. The molecule has 0 aliphatic carbocycles. The summed E-state index contributed by atoms with van der Waals surface area (Å²) in [5, 5.41) is 0.108. The van der Waals surface area contributed by atoms with Crippen molar-refractivity contribution in [1.29, 1.82) is 0 Å². The molecule has 2 rings (SSSR count). The minimum Gasteiger partial charge on any atom is -0.541 e. The fraction of sp³-hybridized carbons (Fsp3) is 0.435. The normalized spacial score (nSPS) is 12.9. The standard InChI is InChI=1S/C23H32O4Si/c1-18(16-17-25-22(24)19-12-8-7-9-13-19)26-20-14-10-11-15-21(20)27-28(5,6)23(2,3)4/h7-15,18H,16-17H2,1-6H3. The van der Waals surface area contributed by atoms with Crippen LogP contribution in [0.4, 0.5) is 0 Å². The highest BCUT2D eigenvalue weighted by molar-refractivity contribution is 6.74. The van der Waals surface area contributed by atoms with Gasteiger partial charge in [-0.15, -0.1) is 0 Å². The van der Waals surface area contributed by atoms with Gasteiger partial charge < -0.3 is 13.9 Å². The van der Waals surface area contributed by atoms with Crippen molar-refractivity contribution in [3.8, 4) is 11.5 Å². The molecular formula is C23H32O4Si. The highest BCUT2D eigenvalue weighted by Crippen LogP contribution is 2.40. The van der Waals surface area contributed by atoms with Crippen LogP contribution >= 0.6 is 0 Å². The van der Waals surface area contributed by atoms with Crippen LogP contribution in [0.15, 0.2) is 54.6 Å². The smallest absolute Gasteiger partial charge is 0.338 e. The van der Waals surface area contributed by atoms with Crippen LogP contribution in [-0.2, 0) is 4.74 Å². The summed E-state index contributed by atoms with van der Waals surface area (Å²) in [6, 6.07) is 16.8. The van der Waals surface area contributed by atoms with E-state index in [9.17, 15) is 4.79 Å². The lowest BCUT2D eigenvalue weighted by Gasteiger charge is -2.37. The van der Waals surface area contributed by atoms with Gasteiger partial charge in [-0.25, -0.2) is 4.79 Å². The van der Waals surface area contributed by atoms with E-state index >= 15 is 0 Å². The van der Waals surface area contributed by atoms with Crippen LogP contribution in [0.2, 0.25) is 18.1 Å². The molecule has 2 aromatic rings. The van der Waals surface area contributed by atoms with E-state index < -0.39 is 8.32 Å². The average Bonchev–Trinajstić information content (AvgIpc) is 2.63. The van der Waals surface area contributed by atoms with Crippen LogP contribution in [0.1, 0.15) is 44.5 Å². The second kappa shape index (κ2) is 9.28. The van der Waals surface area contributed by atoms with Gasteiger partial charge in [-0.2, -0.15) is 0 Å². The second-order valence-corrected chi connectivity index (χ2v) is 13.3. The predicted molar refractivity (Wildman–Crippen MR) is 116 cm³/mol. The number of ether oxygens (including phenoxy) is 2. The van der Waals surface area contributed by atoms with Crippen LogP contribution < -0.4 is 9.16 Å². The van der Waals surface area contributed by atoms with Crippen molar-refractivity contribution in [3.63, 3.8) is 0 Å². The van der Waals surface area contributed by atoms with Gasteiger partial charge in [-0.3, -0.25) is 0 Å². The zero-order valence-electron chi connectivity index (χ0n) is 17.8. The average molecular weight is 401 g/mol. The van der Waals surface area contributed by atoms with Crippen molar-refractivity contribution in [2.45, 2.75) is 58.4 Å². The van der Waals surface area contributed by atoms with E-state index in [1.54, 1.807) is 12.1 Å². The number of para-hydroxylation sites is 2. The number of hydrogen-bond donors (Lipinski definition) is 0. The van der Waals surface area contributed by atoms with E-state index in [0.717, 1.165) is 11.5 Å². The molecule has 4 nitrogen and oxygen atoms in total. The summed E-state index contributed by atoms with van der Waals surface area (Å²) in [6.45, 7) is 13.4. The van der Waals surface area contributed by atoms with E-state index in [0.29, 0.717) is 18.6 Å². The van der Waals surface area contributed by atoms with Gasteiger partial charge in [0, 0.05) is 6.42 Å². The van der Waals surface area contributed by atoms with Crippen molar-refractivity contribution >= 4 is 14.3 Å². The highest BCUT2D eigenvalue weighted by atomic mass is 28.4. The first-order valence-electron chi connectivity index (χ1n) is 9.77. The summed E-state index contributed by atoms with van der Waals surface area (Å²) in [7, 11) is -1.96. The molecule has 1 atom stereocenters. The van der Waals surface area contributed by atoms with E-state index in [4.69, 9.17) is 13.9 Å². The van der Waals surface area contributed by atoms with Crippen molar-refractivity contribution in [3.05, 3.63) is 60.2 Å². The van der Waals surface area contributed by atoms with Gasteiger partial charge in [0.15, 0.2) is 5.75 Å². The van der Waals surface area contributed by atoms with E-state index in [2.05, 4.69) is 33.9 Å². The van der Waals surface area contributed by atoms with Gasteiger partial charge in [0.2, 0.25) is 0 Å². The molecule has 0 fully saturated rings. The maximum Gasteiger partial charge on any atom is 0.338 e. The van der Waals surface area contributed by atoms with Gasteiger partial charge in [-0.1, -0.05) is 51.1 Å². The summed E-state index contributed by atoms with van der Waals surface area (Å²) in [4.78, 5) is 12.0. The number of carbonyl (C=O) groups is 1. The summed E-state index contributed by atoms with van der Waals surface area (Å²) in [5.41, 5.74) is 0.559. The molecule has 0 bridgehead atoms. The van der Waals surface area contributed by atoms with Crippen LogP contribution in [0, 0.1) is 0 Å². The zero-order chi connectivity index (χ0) is 20.8. The Morgan fingerprint density at radius 2 is 1.54 bits per heavy atom. The number of benzene rings is 2. The molecule has 0 saturated heterocycles. The number of esters is 1. The Morgan fingerprint density at radius 3 is 2.14 bits per heavy atom. The summed E-state index contributed by atoms with van der Waals surface area (Å²) in [6.07, 6.45) is 0.500. The van der Waals surface area contributed by atoms with Gasteiger partial charge in [0.1, 0.15) is 5.75 Å². The number of hydrogen-bond acceptors (Lipinski definition) is 4. The third kappa shape index (κ3) is 6.13. The summed E-state index contributed by atoms with van der Waals surface area (Å²) in [5.74, 6) is 1.20. The van der Waals surface area contributed by atoms with Crippen LogP contribution in [0.3, 0.4) is 0 Å². The van der Waals surface area contributed by atoms with Crippen LogP contribution in [0.25, 0.3) is 0 Å². The Kier molecular flexibility index (Phi) is 7.30. The van der Waals surface area contributed by atoms with Gasteiger partial charge in [0.25, 0.3) is 8.32 Å². The third-order valence-electron chi connectivity index (χ3n) is 5.12. The minimum atomic E-state index is -1.96. The third-order valence-corrected chi connectivity index (χ3v) is 9.46. The zero-order valence-corrected chi connectivity index (χ0v) is 18.8. The molecule has 152 valence electrons. The van der Waals surface area contributed by atoms with Crippen molar-refractivity contribution < 1.29 is 18.7 Å². The molecule has 0 heterocycles. The lowest BCUT2D eigenvalue weighted by atomic mass is 10.2. The summed E-state index contributed by atoms with van der Waals surface area (Å²) >= 11 is 0. The Labute approximate surface area is 170 Å². The molecule has 0 aromatic heterocycles. The first-order valence-corrected chi connectivity index (χ1v) is 12.7. The topological polar surface area (TPSA) is 44.8 Å². The fourth-order valence-electron chi connectivity index (χ4n) is 2.31. The lowest BCUT2D eigenvalue weighted by molar-refractivity contribution is 0.0456. The summed E-state index contributed by atoms with van der Waals surface area (Å²) < 4.78 is 17.9. The Hall–Kier alpha value is -2.27. The maximum atomic E-state index is 12.0. The molecular weight excluding hydrogens is 368 g/mol. The van der Waals surface area contributed by atoms with Crippen LogP contribution in [0.5, 0.6) is 11.5 Å². The Morgan fingerprint density at radius 1 is 0.964 bits per heavy atom. The molecule has 0 N–H and O–H groups in total. The molecule has 0 radical (unpaired) electrons. The van der Waals surface area contributed by atoms with E-state index in [-0.39, 0.29) is 17.1 Å². The first-order chi connectivity index (χ1) is 13.1. The molecule has 0 saturated carbocycles. The van der Waals surface area contributed by atoms with E-state index in [1.165, 1.54) is 0 Å². The van der Waals surface area contributed by atoms with Gasteiger partial charge in [0.05, 0.1) is 18.3 Å². The lowest BCUT2D eigenvalue weighted by Crippen LogP contribution is -2.44. The SMILES string of the molecule is CC(CCOC(=O)c1ccccc1)Oc1ccccc1O[Si](C)(C)C(C)(C)C. The molecule has 0 spiro atoms. The van der Waals surface area contributed by atoms with Crippen molar-refractivity contribution in [2.75, 3.05) is 6.61 Å². The molecule has 0 aliphatic rings.